The van der Waals surface area contributed by atoms with Gasteiger partial charge in [0, 0.05) is 22.6 Å². The molecule has 0 atom stereocenters. The van der Waals surface area contributed by atoms with E-state index in [0.717, 1.165) is 16.1 Å². The summed E-state index contributed by atoms with van der Waals surface area (Å²) in [7, 11) is 0. The largest absolute Gasteiger partial charge is 0.326 e. The lowest BCUT2D eigenvalue weighted by Gasteiger charge is -2.17. The Morgan fingerprint density at radius 2 is 1.90 bits per heavy atom. The van der Waals surface area contributed by atoms with Crippen molar-refractivity contribution in [3.63, 3.8) is 0 Å². The molecular formula is C17H15NO2S. The van der Waals surface area contributed by atoms with Crippen LogP contribution in [0.3, 0.4) is 0 Å². The summed E-state index contributed by atoms with van der Waals surface area (Å²) in [6.45, 7) is 0. The Hall–Kier alpha value is -2.07. The molecule has 1 N–H and O–H groups in total. The van der Waals surface area contributed by atoms with Gasteiger partial charge in [-0.3, -0.25) is 9.59 Å². The van der Waals surface area contributed by atoms with Crippen molar-refractivity contribution in [2.75, 3.05) is 11.1 Å². The second-order valence-electron chi connectivity index (χ2n) is 4.95. The zero-order valence-electron chi connectivity index (χ0n) is 11.5. The maximum absolute atomic E-state index is 12.3. The van der Waals surface area contributed by atoms with Crippen molar-refractivity contribution in [2.45, 2.75) is 17.7 Å². The Bertz CT molecular complexity index is 682. The van der Waals surface area contributed by atoms with Crippen LogP contribution in [-0.4, -0.2) is 17.4 Å². The van der Waals surface area contributed by atoms with Crippen LogP contribution in [-0.2, 0) is 11.2 Å². The number of fused-ring (bicyclic) bond motifs is 1. The molecular weight excluding hydrogens is 282 g/mol. The van der Waals surface area contributed by atoms with Crippen LogP contribution >= 0.6 is 11.8 Å². The minimum Gasteiger partial charge on any atom is -0.326 e. The van der Waals surface area contributed by atoms with Crippen molar-refractivity contribution >= 4 is 29.1 Å². The third kappa shape index (κ3) is 3.34. The SMILES string of the molecule is O=C1CCc2cc(C(=O)CSc3ccccc3)ccc2N1. The van der Waals surface area contributed by atoms with E-state index in [4.69, 9.17) is 0 Å². The maximum Gasteiger partial charge on any atom is 0.224 e. The van der Waals surface area contributed by atoms with E-state index in [0.29, 0.717) is 24.2 Å². The van der Waals surface area contributed by atoms with Crippen molar-refractivity contribution in [3.05, 3.63) is 59.7 Å². The van der Waals surface area contributed by atoms with E-state index in [2.05, 4.69) is 5.32 Å². The first-order valence-electron chi connectivity index (χ1n) is 6.86. The van der Waals surface area contributed by atoms with Crippen LogP contribution in [0.25, 0.3) is 0 Å². The van der Waals surface area contributed by atoms with Crippen LogP contribution in [0.2, 0.25) is 0 Å². The molecule has 0 unspecified atom stereocenters. The van der Waals surface area contributed by atoms with Crippen LogP contribution in [0.15, 0.2) is 53.4 Å². The smallest absolute Gasteiger partial charge is 0.224 e. The molecule has 0 saturated carbocycles. The van der Waals surface area contributed by atoms with E-state index in [1.165, 1.54) is 0 Å². The van der Waals surface area contributed by atoms with Gasteiger partial charge in [0.25, 0.3) is 0 Å². The van der Waals surface area contributed by atoms with Crippen molar-refractivity contribution in [1.29, 1.82) is 0 Å². The van der Waals surface area contributed by atoms with Crippen LogP contribution < -0.4 is 5.32 Å². The molecule has 1 aliphatic rings. The lowest BCUT2D eigenvalue weighted by atomic mass is 9.99. The van der Waals surface area contributed by atoms with Crippen molar-refractivity contribution in [2.24, 2.45) is 0 Å². The number of Topliss-reactive ketones (excluding diaryl/α,β-unsaturated/α-hetero) is 1. The van der Waals surface area contributed by atoms with Gasteiger partial charge in [-0.25, -0.2) is 0 Å². The third-order valence-electron chi connectivity index (χ3n) is 3.44. The van der Waals surface area contributed by atoms with Gasteiger partial charge < -0.3 is 5.32 Å². The number of nitrogens with one attached hydrogen (secondary N) is 1. The fourth-order valence-corrected chi connectivity index (χ4v) is 3.12. The quantitative estimate of drug-likeness (QED) is 0.693. The minimum absolute atomic E-state index is 0.0428. The van der Waals surface area contributed by atoms with Gasteiger partial charge in [0.2, 0.25) is 5.91 Å². The summed E-state index contributed by atoms with van der Waals surface area (Å²) in [6, 6.07) is 15.4. The molecule has 2 aromatic rings. The van der Waals surface area contributed by atoms with E-state index >= 15 is 0 Å². The number of carbonyl (C=O) groups excluding carboxylic acids is 2. The van der Waals surface area contributed by atoms with E-state index in [9.17, 15) is 9.59 Å². The number of aryl methyl sites for hydroxylation is 1. The number of benzene rings is 2. The summed E-state index contributed by atoms with van der Waals surface area (Å²) in [5, 5.41) is 2.83. The Morgan fingerprint density at radius 1 is 1.10 bits per heavy atom. The Morgan fingerprint density at radius 3 is 2.71 bits per heavy atom. The zero-order chi connectivity index (χ0) is 14.7. The average Bonchev–Trinajstić information content (AvgIpc) is 2.53. The van der Waals surface area contributed by atoms with Crippen LogP contribution in [0.5, 0.6) is 0 Å². The molecule has 0 bridgehead atoms. The summed E-state index contributed by atoms with van der Waals surface area (Å²) in [5.41, 5.74) is 2.59. The normalized spacial score (nSPS) is 13.4. The molecule has 1 amide bonds. The molecule has 3 nitrogen and oxygen atoms in total. The highest BCUT2D eigenvalue weighted by molar-refractivity contribution is 8.00. The van der Waals surface area contributed by atoms with Gasteiger partial charge >= 0.3 is 0 Å². The molecule has 106 valence electrons. The molecule has 1 aliphatic heterocycles. The first-order chi connectivity index (χ1) is 10.2. The average molecular weight is 297 g/mol. The highest BCUT2D eigenvalue weighted by Crippen LogP contribution is 2.25. The summed E-state index contributed by atoms with van der Waals surface area (Å²) in [5.74, 6) is 0.583. The monoisotopic (exact) mass is 297 g/mol. The molecule has 21 heavy (non-hydrogen) atoms. The van der Waals surface area contributed by atoms with E-state index in [1.807, 2.05) is 42.5 Å². The van der Waals surface area contributed by atoms with Gasteiger partial charge in [0.05, 0.1) is 5.75 Å². The zero-order valence-corrected chi connectivity index (χ0v) is 12.3. The van der Waals surface area contributed by atoms with Gasteiger partial charge in [-0.1, -0.05) is 18.2 Å². The predicted molar refractivity (Wildman–Crippen MR) is 84.9 cm³/mol. The van der Waals surface area contributed by atoms with Crippen LogP contribution in [0.1, 0.15) is 22.3 Å². The molecule has 0 aliphatic carbocycles. The fourth-order valence-electron chi connectivity index (χ4n) is 2.31. The Balaban J connectivity index is 1.69. The molecule has 3 rings (SSSR count). The Kier molecular flexibility index (Phi) is 4.06. The second-order valence-corrected chi connectivity index (χ2v) is 5.99. The van der Waals surface area contributed by atoms with Gasteiger partial charge in [0.15, 0.2) is 5.78 Å². The molecule has 1 heterocycles. The fraction of sp³-hybridized carbons (Fsp3) is 0.176. The lowest BCUT2D eigenvalue weighted by Crippen LogP contribution is -2.19. The van der Waals surface area contributed by atoms with Crippen molar-refractivity contribution in [3.8, 4) is 0 Å². The minimum atomic E-state index is 0.0428. The van der Waals surface area contributed by atoms with E-state index in [1.54, 1.807) is 17.8 Å². The van der Waals surface area contributed by atoms with Gasteiger partial charge in [-0.05, 0) is 42.3 Å². The number of hydrogen-bond donors (Lipinski definition) is 1. The number of carbonyl (C=O) groups is 2. The standard InChI is InChI=1S/C17H15NO2S/c19-16(11-21-14-4-2-1-3-5-14)13-6-8-15-12(10-13)7-9-17(20)18-15/h1-6,8,10H,7,9,11H2,(H,18,20). The van der Waals surface area contributed by atoms with Crippen LogP contribution in [0, 0.1) is 0 Å². The second kappa shape index (κ2) is 6.14. The number of amides is 1. The first kappa shape index (κ1) is 13.9. The number of rotatable bonds is 4. The molecule has 0 spiro atoms. The molecule has 4 heteroatoms. The first-order valence-corrected chi connectivity index (χ1v) is 7.85. The summed E-state index contributed by atoms with van der Waals surface area (Å²) in [4.78, 5) is 24.7. The molecule has 0 radical (unpaired) electrons. The van der Waals surface area contributed by atoms with Gasteiger partial charge in [-0.2, -0.15) is 0 Å². The number of thioether (sulfide) groups is 1. The maximum atomic E-state index is 12.3. The van der Waals surface area contributed by atoms with Gasteiger partial charge in [-0.15, -0.1) is 11.8 Å². The van der Waals surface area contributed by atoms with Crippen LogP contribution in [0.4, 0.5) is 5.69 Å². The number of anilines is 1. The number of ketones is 1. The van der Waals surface area contributed by atoms with E-state index in [-0.39, 0.29) is 11.7 Å². The molecule has 0 saturated heterocycles. The summed E-state index contributed by atoms with van der Waals surface area (Å²) >= 11 is 1.54. The topological polar surface area (TPSA) is 46.2 Å². The van der Waals surface area contributed by atoms with Crippen molar-refractivity contribution < 1.29 is 9.59 Å². The summed E-state index contributed by atoms with van der Waals surface area (Å²) < 4.78 is 0. The summed E-state index contributed by atoms with van der Waals surface area (Å²) in [6.07, 6.45) is 1.19. The van der Waals surface area contributed by atoms with Crippen molar-refractivity contribution in [1.82, 2.24) is 0 Å². The predicted octanol–water partition coefficient (Wildman–Crippen LogP) is 3.55. The molecule has 0 aromatic heterocycles. The third-order valence-corrected chi connectivity index (χ3v) is 4.45. The highest BCUT2D eigenvalue weighted by atomic mass is 32.2. The highest BCUT2D eigenvalue weighted by Gasteiger charge is 2.16. The lowest BCUT2D eigenvalue weighted by molar-refractivity contribution is -0.116. The van der Waals surface area contributed by atoms with E-state index < -0.39 is 0 Å². The molecule has 2 aromatic carbocycles. The Labute approximate surface area is 127 Å². The molecule has 0 fully saturated rings. The van der Waals surface area contributed by atoms with Gasteiger partial charge in [0.1, 0.15) is 0 Å². The number of hydrogen-bond acceptors (Lipinski definition) is 3.